The molecule has 0 fully saturated rings. The molecular formula is C15H10FN3O3. The van der Waals surface area contributed by atoms with Gasteiger partial charge in [0.2, 0.25) is 5.89 Å². The van der Waals surface area contributed by atoms with Gasteiger partial charge >= 0.3 is 0 Å². The van der Waals surface area contributed by atoms with E-state index in [2.05, 4.69) is 10.2 Å². The van der Waals surface area contributed by atoms with Crippen LogP contribution in [0, 0.1) is 22.9 Å². The first-order valence-electron chi connectivity index (χ1n) is 6.40. The molecule has 0 aliphatic carbocycles. The molecule has 0 bridgehead atoms. The molecule has 0 spiro atoms. The first-order chi connectivity index (χ1) is 10.6. The molecule has 22 heavy (non-hydrogen) atoms. The van der Waals surface area contributed by atoms with Crippen molar-refractivity contribution in [2.24, 2.45) is 0 Å². The summed E-state index contributed by atoms with van der Waals surface area (Å²) in [5, 5.41) is 18.5. The number of aryl methyl sites for hydroxylation is 1. The van der Waals surface area contributed by atoms with Gasteiger partial charge < -0.3 is 4.42 Å². The van der Waals surface area contributed by atoms with E-state index in [1.54, 1.807) is 25.1 Å². The van der Waals surface area contributed by atoms with Crippen LogP contribution in [0.15, 0.2) is 46.9 Å². The van der Waals surface area contributed by atoms with Crippen LogP contribution in [-0.4, -0.2) is 15.1 Å². The van der Waals surface area contributed by atoms with Crippen molar-refractivity contribution in [3.63, 3.8) is 0 Å². The Bertz CT molecular complexity index is 861. The van der Waals surface area contributed by atoms with Gasteiger partial charge in [0.15, 0.2) is 0 Å². The quantitative estimate of drug-likeness (QED) is 0.543. The maximum absolute atomic E-state index is 13.7. The van der Waals surface area contributed by atoms with E-state index in [0.29, 0.717) is 11.1 Å². The van der Waals surface area contributed by atoms with Crippen LogP contribution in [0.1, 0.15) is 5.56 Å². The standard InChI is InChI=1S/C15H10FN3O3/c1-9-8-10(6-7-13(9)19(20)21)14-17-18-15(22-14)11-4-2-3-5-12(11)16/h2-8H,1H3. The van der Waals surface area contributed by atoms with Gasteiger partial charge in [-0.3, -0.25) is 10.1 Å². The Labute approximate surface area is 124 Å². The van der Waals surface area contributed by atoms with Gasteiger partial charge in [-0.15, -0.1) is 10.2 Å². The minimum absolute atomic E-state index is 0.0117. The zero-order chi connectivity index (χ0) is 15.7. The molecule has 0 atom stereocenters. The first kappa shape index (κ1) is 13.9. The Morgan fingerprint density at radius 2 is 1.86 bits per heavy atom. The monoisotopic (exact) mass is 299 g/mol. The lowest BCUT2D eigenvalue weighted by Gasteiger charge is -1.99. The number of rotatable bonds is 3. The van der Waals surface area contributed by atoms with Crippen molar-refractivity contribution >= 4 is 5.69 Å². The van der Waals surface area contributed by atoms with Crippen LogP contribution < -0.4 is 0 Å². The fraction of sp³-hybridized carbons (Fsp3) is 0.0667. The summed E-state index contributed by atoms with van der Waals surface area (Å²) in [6, 6.07) is 10.5. The Hall–Kier alpha value is -3.09. The van der Waals surface area contributed by atoms with Crippen molar-refractivity contribution < 1.29 is 13.7 Å². The minimum Gasteiger partial charge on any atom is -0.416 e. The van der Waals surface area contributed by atoms with Gasteiger partial charge in [0.05, 0.1) is 10.5 Å². The molecule has 0 unspecified atom stereocenters. The molecule has 0 saturated heterocycles. The summed E-state index contributed by atoms with van der Waals surface area (Å²) < 4.78 is 19.2. The predicted octanol–water partition coefficient (Wildman–Crippen LogP) is 3.76. The van der Waals surface area contributed by atoms with Crippen molar-refractivity contribution in [3.8, 4) is 22.9 Å². The summed E-state index contributed by atoms with van der Waals surface area (Å²) in [5.41, 5.74) is 1.24. The zero-order valence-electron chi connectivity index (χ0n) is 11.5. The van der Waals surface area contributed by atoms with Gasteiger partial charge in [-0.05, 0) is 31.2 Å². The van der Waals surface area contributed by atoms with Gasteiger partial charge in [0.25, 0.3) is 11.6 Å². The summed E-state index contributed by atoms with van der Waals surface area (Å²) in [6.45, 7) is 1.62. The van der Waals surface area contributed by atoms with Crippen molar-refractivity contribution in [2.45, 2.75) is 6.92 Å². The molecule has 1 aromatic heterocycles. The van der Waals surface area contributed by atoms with Crippen LogP contribution in [0.4, 0.5) is 10.1 Å². The third-order valence-electron chi connectivity index (χ3n) is 3.17. The topological polar surface area (TPSA) is 82.1 Å². The third kappa shape index (κ3) is 2.44. The van der Waals surface area contributed by atoms with Crippen LogP contribution in [0.2, 0.25) is 0 Å². The molecular weight excluding hydrogens is 289 g/mol. The van der Waals surface area contributed by atoms with E-state index >= 15 is 0 Å². The van der Waals surface area contributed by atoms with E-state index in [4.69, 9.17) is 4.42 Å². The van der Waals surface area contributed by atoms with Crippen LogP contribution >= 0.6 is 0 Å². The lowest BCUT2D eigenvalue weighted by atomic mass is 10.1. The summed E-state index contributed by atoms with van der Waals surface area (Å²) in [7, 11) is 0. The second kappa shape index (κ2) is 5.36. The number of nitrogens with zero attached hydrogens (tertiary/aromatic N) is 3. The lowest BCUT2D eigenvalue weighted by molar-refractivity contribution is -0.385. The summed E-state index contributed by atoms with van der Waals surface area (Å²) >= 11 is 0. The van der Waals surface area contributed by atoms with Gasteiger partial charge in [-0.2, -0.15) is 0 Å². The van der Waals surface area contributed by atoms with Crippen molar-refractivity contribution in [1.29, 1.82) is 0 Å². The summed E-state index contributed by atoms with van der Waals surface area (Å²) in [5.74, 6) is -0.224. The number of hydrogen-bond donors (Lipinski definition) is 0. The van der Waals surface area contributed by atoms with Gasteiger partial charge in [-0.1, -0.05) is 12.1 Å². The van der Waals surface area contributed by atoms with Crippen LogP contribution in [0.3, 0.4) is 0 Å². The number of halogens is 1. The maximum atomic E-state index is 13.7. The molecule has 0 N–H and O–H groups in total. The van der Waals surface area contributed by atoms with E-state index in [1.807, 2.05) is 0 Å². The average Bonchev–Trinajstić information content (AvgIpc) is 2.97. The molecule has 0 saturated carbocycles. The number of nitro benzene ring substituents is 1. The minimum atomic E-state index is -0.461. The maximum Gasteiger partial charge on any atom is 0.272 e. The Morgan fingerprint density at radius 3 is 2.55 bits per heavy atom. The highest BCUT2D eigenvalue weighted by Gasteiger charge is 2.16. The number of aromatic nitrogens is 2. The molecule has 7 heteroatoms. The lowest BCUT2D eigenvalue weighted by Crippen LogP contribution is -1.91. The normalized spacial score (nSPS) is 10.6. The largest absolute Gasteiger partial charge is 0.416 e. The summed E-state index contributed by atoms with van der Waals surface area (Å²) in [4.78, 5) is 10.3. The van der Waals surface area contributed by atoms with Gasteiger partial charge in [-0.25, -0.2) is 4.39 Å². The first-order valence-corrected chi connectivity index (χ1v) is 6.40. The Morgan fingerprint density at radius 1 is 1.14 bits per heavy atom. The van der Waals surface area contributed by atoms with E-state index < -0.39 is 10.7 Å². The molecule has 0 aliphatic rings. The fourth-order valence-electron chi connectivity index (χ4n) is 2.08. The predicted molar refractivity (Wildman–Crippen MR) is 76.5 cm³/mol. The second-order valence-corrected chi connectivity index (χ2v) is 4.65. The smallest absolute Gasteiger partial charge is 0.272 e. The van der Waals surface area contributed by atoms with E-state index in [-0.39, 0.29) is 23.0 Å². The van der Waals surface area contributed by atoms with Crippen molar-refractivity contribution in [1.82, 2.24) is 10.2 Å². The highest BCUT2D eigenvalue weighted by molar-refractivity contribution is 5.61. The fourth-order valence-corrected chi connectivity index (χ4v) is 2.08. The number of hydrogen-bond acceptors (Lipinski definition) is 5. The molecule has 0 amide bonds. The Balaban J connectivity index is 1.99. The van der Waals surface area contributed by atoms with Crippen molar-refractivity contribution in [3.05, 3.63) is 64.0 Å². The third-order valence-corrected chi connectivity index (χ3v) is 3.17. The number of nitro groups is 1. The van der Waals surface area contributed by atoms with Gasteiger partial charge in [0, 0.05) is 17.2 Å². The molecule has 110 valence electrons. The molecule has 0 radical (unpaired) electrons. The highest BCUT2D eigenvalue weighted by atomic mass is 19.1. The zero-order valence-corrected chi connectivity index (χ0v) is 11.5. The van der Waals surface area contributed by atoms with Crippen LogP contribution in [0.25, 0.3) is 22.9 Å². The van der Waals surface area contributed by atoms with Crippen molar-refractivity contribution in [2.75, 3.05) is 0 Å². The van der Waals surface area contributed by atoms with E-state index in [1.165, 1.54) is 24.3 Å². The van der Waals surface area contributed by atoms with E-state index in [0.717, 1.165) is 0 Å². The Kier molecular flexibility index (Phi) is 3.38. The van der Waals surface area contributed by atoms with Gasteiger partial charge in [0.1, 0.15) is 5.82 Å². The molecule has 1 heterocycles. The number of benzene rings is 2. The highest BCUT2D eigenvalue weighted by Crippen LogP contribution is 2.28. The molecule has 6 nitrogen and oxygen atoms in total. The van der Waals surface area contributed by atoms with Crippen LogP contribution in [-0.2, 0) is 0 Å². The van der Waals surface area contributed by atoms with E-state index in [9.17, 15) is 14.5 Å². The average molecular weight is 299 g/mol. The molecule has 3 rings (SSSR count). The molecule has 2 aromatic carbocycles. The SMILES string of the molecule is Cc1cc(-c2nnc(-c3ccccc3F)o2)ccc1[N+](=O)[O-]. The second-order valence-electron chi connectivity index (χ2n) is 4.65. The summed E-state index contributed by atoms with van der Waals surface area (Å²) in [6.07, 6.45) is 0. The molecule has 0 aliphatic heterocycles. The van der Waals surface area contributed by atoms with Crippen LogP contribution in [0.5, 0.6) is 0 Å². The molecule has 3 aromatic rings.